The smallest absolute Gasteiger partial charge is 0.305 e. The van der Waals surface area contributed by atoms with Gasteiger partial charge in [-0.1, -0.05) is 71.1 Å². The molecule has 0 aliphatic carbocycles. The zero-order valence-corrected chi connectivity index (χ0v) is 23.9. The van der Waals surface area contributed by atoms with E-state index in [2.05, 4.69) is 6.92 Å². The van der Waals surface area contributed by atoms with Crippen molar-refractivity contribution in [2.24, 2.45) is 0 Å². The van der Waals surface area contributed by atoms with Crippen molar-refractivity contribution in [1.29, 1.82) is 0 Å². The number of carbonyl (C=O) groups excluding carboxylic acids is 1. The predicted octanol–water partition coefficient (Wildman–Crippen LogP) is 6.33. The largest absolute Gasteiger partial charge is 0.463 e. The van der Waals surface area contributed by atoms with Gasteiger partial charge in [-0.05, 0) is 19.3 Å². The van der Waals surface area contributed by atoms with Crippen molar-refractivity contribution in [2.45, 2.75) is 96.8 Å². The number of unbranched alkanes of at least 4 members (excludes halogenated alkanes) is 11. The minimum absolute atomic E-state index is 0.125. The average Bonchev–Trinajstić information content (AvgIpc) is 2.88. The van der Waals surface area contributed by atoms with Crippen molar-refractivity contribution in [1.82, 2.24) is 0 Å². The molecule has 7 nitrogen and oxygen atoms in total. The van der Waals surface area contributed by atoms with E-state index in [1.165, 1.54) is 57.8 Å². The SMILES string of the molecule is CCCCCCCCCCCC(=O)OCCOCCOCCOCCOCCOCCCCCCCl. The first-order valence-corrected chi connectivity index (χ1v) is 14.9. The van der Waals surface area contributed by atoms with Crippen LogP contribution in [0.25, 0.3) is 0 Å². The fourth-order valence-corrected chi connectivity index (χ4v) is 3.69. The molecular weight excluding hydrogens is 484 g/mol. The molecule has 0 aromatic heterocycles. The first-order valence-electron chi connectivity index (χ1n) is 14.4. The van der Waals surface area contributed by atoms with Gasteiger partial charge in [0.1, 0.15) is 6.61 Å². The summed E-state index contributed by atoms with van der Waals surface area (Å²) in [5, 5.41) is 0. The standard InChI is InChI=1S/C28H55ClO7/c1-2-3-4-5-6-7-8-9-12-15-28(30)36-27-26-35-25-24-34-23-22-33-21-20-32-19-18-31-17-14-11-10-13-16-29/h2-27H2,1H3. The van der Waals surface area contributed by atoms with Crippen LogP contribution in [0.1, 0.15) is 96.8 Å². The number of esters is 1. The zero-order chi connectivity index (χ0) is 26.2. The maximum absolute atomic E-state index is 11.7. The summed E-state index contributed by atoms with van der Waals surface area (Å²) < 4.78 is 32.5. The van der Waals surface area contributed by atoms with Gasteiger partial charge in [-0.25, -0.2) is 0 Å². The Morgan fingerprint density at radius 2 is 0.861 bits per heavy atom. The molecule has 0 saturated carbocycles. The molecule has 0 amide bonds. The van der Waals surface area contributed by atoms with E-state index in [9.17, 15) is 4.79 Å². The molecule has 0 N–H and O–H groups in total. The van der Waals surface area contributed by atoms with Gasteiger partial charge in [-0.3, -0.25) is 4.79 Å². The molecule has 8 heteroatoms. The third-order valence-corrected chi connectivity index (χ3v) is 5.90. The van der Waals surface area contributed by atoms with Crippen molar-refractivity contribution < 1.29 is 33.2 Å². The molecule has 0 aromatic rings. The molecule has 36 heavy (non-hydrogen) atoms. The quantitative estimate of drug-likeness (QED) is 0.0579. The number of rotatable bonds is 31. The van der Waals surface area contributed by atoms with Gasteiger partial charge < -0.3 is 28.4 Å². The lowest BCUT2D eigenvalue weighted by atomic mass is 10.1. The van der Waals surface area contributed by atoms with E-state index in [0.29, 0.717) is 72.5 Å². The van der Waals surface area contributed by atoms with Crippen LogP contribution in [-0.4, -0.2) is 84.5 Å². The summed E-state index contributed by atoms with van der Waals surface area (Å²) in [6, 6.07) is 0. The Morgan fingerprint density at radius 3 is 1.36 bits per heavy atom. The molecular formula is C28H55ClO7. The fraction of sp³-hybridized carbons (Fsp3) is 0.964. The predicted molar refractivity (Wildman–Crippen MR) is 146 cm³/mol. The molecule has 0 rings (SSSR count). The van der Waals surface area contributed by atoms with Gasteiger partial charge in [0.25, 0.3) is 0 Å². The summed E-state index contributed by atoms with van der Waals surface area (Å²) in [6.45, 7) is 8.06. The van der Waals surface area contributed by atoms with Crippen LogP contribution in [0.15, 0.2) is 0 Å². The van der Waals surface area contributed by atoms with Crippen LogP contribution in [0, 0.1) is 0 Å². The Labute approximate surface area is 226 Å². The van der Waals surface area contributed by atoms with Crippen LogP contribution in [0.3, 0.4) is 0 Å². The van der Waals surface area contributed by atoms with Crippen LogP contribution < -0.4 is 0 Å². The molecule has 0 bridgehead atoms. The fourth-order valence-electron chi connectivity index (χ4n) is 3.50. The molecule has 0 aromatic carbocycles. The molecule has 216 valence electrons. The van der Waals surface area contributed by atoms with E-state index in [1.54, 1.807) is 0 Å². The number of halogens is 1. The molecule has 0 radical (unpaired) electrons. The minimum atomic E-state index is -0.125. The second-order valence-corrected chi connectivity index (χ2v) is 9.34. The lowest BCUT2D eigenvalue weighted by Gasteiger charge is -2.08. The van der Waals surface area contributed by atoms with Crippen LogP contribution in [0.5, 0.6) is 0 Å². The lowest BCUT2D eigenvalue weighted by molar-refractivity contribution is -0.145. The minimum Gasteiger partial charge on any atom is -0.463 e. The Morgan fingerprint density at radius 1 is 0.472 bits per heavy atom. The van der Waals surface area contributed by atoms with Crippen molar-refractivity contribution in [2.75, 3.05) is 78.6 Å². The lowest BCUT2D eigenvalue weighted by Crippen LogP contribution is -2.15. The van der Waals surface area contributed by atoms with Crippen molar-refractivity contribution >= 4 is 17.6 Å². The highest BCUT2D eigenvalue weighted by Crippen LogP contribution is 2.10. The Kier molecular flexibility index (Phi) is 32.2. The van der Waals surface area contributed by atoms with Crippen molar-refractivity contribution in [3.8, 4) is 0 Å². The second kappa shape index (κ2) is 32.6. The monoisotopic (exact) mass is 538 g/mol. The maximum Gasteiger partial charge on any atom is 0.305 e. The number of hydrogen-bond acceptors (Lipinski definition) is 7. The van der Waals surface area contributed by atoms with E-state index in [-0.39, 0.29) is 5.97 Å². The number of hydrogen-bond donors (Lipinski definition) is 0. The highest BCUT2D eigenvalue weighted by molar-refractivity contribution is 6.17. The zero-order valence-electron chi connectivity index (χ0n) is 23.1. The van der Waals surface area contributed by atoms with Crippen molar-refractivity contribution in [3.63, 3.8) is 0 Å². The van der Waals surface area contributed by atoms with Gasteiger partial charge in [-0.15, -0.1) is 11.6 Å². The van der Waals surface area contributed by atoms with Gasteiger partial charge in [0.05, 0.1) is 59.5 Å². The van der Waals surface area contributed by atoms with Crippen LogP contribution in [0.4, 0.5) is 0 Å². The molecule has 0 spiro atoms. The Balaban J connectivity index is 3.11. The average molecular weight is 539 g/mol. The number of carbonyl (C=O) groups is 1. The Hall–Kier alpha value is -0.440. The molecule has 0 fully saturated rings. The van der Waals surface area contributed by atoms with Gasteiger partial charge in [0.15, 0.2) is 0 Å². The molecule has 0 saturated heterocycles. The molecule has 0 aliphatic heterocycles. The molecule has 0 aliphatic rings. The molecule has 0 atom stereocenters. The highest BCUT2D eigenvalue weighted by atomic mass is 35.5. The summed E-state index contributed by atoms with van der Waals surface area (Å²) in [4.78, 5) is 11.7. The van der Waals surface area contributed by atoms with Gasteiger partial charge >= 0.3 is 5.97 Å². The summed E-state index contributed by atoms with van der Waals surface area (Å²) in [7, 11) is 0. The first kappa shape index (κ1) is 35.6. The normalized spacial score (nSPS) is 11.3. The summed E-state index contributed by atoms with van der Waals surface area (Å²) in [5.74, 6) is 0.622. The second-order valence-electron chi connectivity index (χ2n) is 8.96. The topological polar surface area (TPSA) is 72.5 Å². The molecule has 0 unspecified atom stereocenters. The number of ether oxygens (including phenoxy) is 6. The van der Waals surface area contributed by atoms with Crippen LogP contribution >= 0.6 is 11.6 Å². The summed E-state index contributed by atoms with van der Waals surface area (Å²) >= 11 is 5.64. The molecule has 0 heterocycles. The van der Waals surface area contributed by atoms with Gasteiger partial charge in [0.2, 0.25) is 0 Å². The third kappa shape index (κ3) is 31.6. The Bertz CT molecular complexity index is 427. The van der Waals surface area contributed by atoms with E-state index in [0.717, 1.165) is 38.2 Å². The van der Waals surface area contributed by atoms with Gasteiger partial charge in [0, 0.05) is 18.9 Å². The highest BCUT2D eigenvalue weighted by Gasteiger charge is 2.02. The van der Waals surface area contributed by atoms with Crippen LogP contribution in [0.2, 0.25) is 0 Å². The van der Waals surface area contributed by atoms with Crippen LogP contribution in [-0.2, 0) is 33.2 Å². The first-order chi connectivity index (χ1) is 17.8. The summed E-state index contributed by atoms with van der Waals surface area (Å²) in [6.07, 6.45) is 16.2. The van der Waals surface area contributed by atoms with Gasteiger partial charge in [-0.2, -0.15) is 0 Å². The van der Waals surface area contributed by atoms with E-state index in [4.69, 9.17) is 40.0 Å². The van der Waals surface area contributed by atoms with E-state index < -0.39 is 0 Å². The number of alkyl halides is 1. The maximum atomic E-state index is 11.7. The summed E-state index contributed by atoms with van der Waals surface area (Å²) in [5.41, 5.74) is 0. The van der Waals surface area contributed by atoms with Crippen molar-refractivity contribution in [3.05, 3.63) is 0 Å². The van der Waals surface area contributed by atoms with E-state index >= 15 is 0 Å². The third-order valence-electron chi connectivity index (χ3n) is 5.64. The van der Waals surface area contributed by atoms with E-state index in [1.807, 2.05) is 0 Å².